The van der Waals surface area contributed by atoms with Gasteiger partial charge in [-0.15, -0.1) is 0 Å². The van der Waals surface area contributed by atoms with Gasteiger partial charge in [0, 0.05) is 5.56 Å². The van der Waals surface area contributed by atoms with Crippen LogP contribution in [0.2, 0.25) is 0 Å². The summed E-state index contributed by atoms with van der Waals surface area (Å²) in [6.45, 7) is 0. The molecule has 0 heterocycles. The van der Waals surface area contributed by atoms with E-state index in [1.807, 2.05) is 0 Å². The third kappa shape index (κ3) is 1.55. The standard InChI is InChI=1S/C11H7F2NO2/c12-9-3-7(5-15)8(4-10(9)13)11(1-2-11)14-6-16/h3-5H,1-2H2. The minimum atomic E-state index is -1.09. The minimum Gasteiger partial charge on any atom is -0.298 e. The fraction of sp³-hybridized carbons (Fsp3) is 0.273. The summed E-state index contributed by atoms with van der Waals surface area (Å²) in [5.41, 5.74) is -0.591. The Morgan fingerprint density at radius 2 is 1.94 bits per heavy atom. The van der Waals surface area contributed by atoms with Crippen LogP contribution in [0, 0.1) is 11.6 Å². The molecule has 0 amide bonds. The van der Waals surface area contributed by atoms with E-state index >= 15 is 0 Å². The normalized spacial score (nSPS) is 16.4. The molecule has 0 atom stereocenters. The maximum Gasteiger partial charge on any atom is 0.235 e. The van der Waals surface area contributed by atoms with Gasteiger partial charge in [-0.05, 0) is 30.5 Å². The first-order chi connectivity index (χ1) is 7.63. The van der Waals surface area contributed by atoms with Gasteiger partial charge in [0.05, 0.1) is 5.54 Å². The summed E-state index contributed by atoms with van der Waals surface area (Å²) in [5, 5.41) is 0. The molecule has 0 spiro atoms. The van der Waals surface area contributed by atoms with Crippen LogP contribution in [0.25, 0.3) is 0 Å². The van der Waals surface area contributed by atoms with Crippen molar-refractivity contribution in [2.24, 2.45) is 4.99 Å². The molecule has 1 aromatic carbocycles. The van der Waals surface area contributed by atoms with Crippen molar-refractivity contribution in [3.05, 3.63) is 34.9 Å². The first-order valence-electron chi connectivity index (χ1n) is 4.67. The maximum atomic E-state index is 13.1. The Morgan fingerprint density at radius 1 is 1.31 bits per heavy atom. The number of benzene rings is 1. The second-order valence-corrected chi connectivity index (χ2v) is 3.71. The second kappa shape index (κ2) is 3.61. The quantitative estimate of drug-likeness (QED) is 0.447. The summed E-state index contributed by atoms with van der Waals surface area (Å²) >= 11 is 0. The SMILES string of the molecule is O=C=NC1(c2cc(F)c(F)cc2C=O)CC1. The van der Waals surface area contributed by atoms with Crippen molar-refractivity contribution >= 4 is 12.4 Å². The van der Waals surface area contributed by atoms with Crippen LogP contribution in [-0.4, -0.2) is 12.4 Å². The van der Waals surface area contributed by atoms with Crippen molar-refractivity contribution in [2.75, 3.05) is 0 Å². The van der Waals surface area contributed by atoms with Gasteiger partial charge in [0.15, 0.2) is 17.9 Å². The second-order valence-electron chi connectivity index (χ2n) is 3.71. The molecule has 16 heavy (non-hydrogen) atoms. The number of aliphatic imine (C=N–C) groups is 1. The predicted octanol–water partition coefficient (Wildman–Crippen LogP) is 2.10. The van der Waals surface area contributed by atoms with E-state index in [0.717, 1.165) is 12.1 Å². The molecule has 1 aromatic rings. The molecule has 0 radical (unpaired) electrons. The molecule has 1 aliphatic rings. The first-order valence-corrected chi connectivity index (χ1v) is 4.67. The molecule has 0 aliphatic heterocycles. The van der Waals surface area contributed by atoms with Gasteiger partial charge < -0.3 is 0 Å². The van der Waals surface area contributed by atoms with Crippen LogP contribution in [0.15, 0.2) is 17.1 Å². The first kappa shape index (κ1) is 10.6. The van der Waals surface area contributed by atoms with Crippen molar-refractivity contribution < 1.29 is 18.4 Å². The van der Waals surface area contributed by atoms with E-state index in [-0.39, 0.29) is 11.1 Å². The van der Waals surface area contributed by atoms with Crippen LogP contribution in [0.1, 0.15) is 28.8 Å². The zero-order chi connectivity index (χ0) is 11.8. The average molecular weight is 223 g/mol. The molecule has 0 unspecified atom stereocenters. The number of hydrogen-bond acceptors (Lipinski definition) is 3. The lowest BCUT2D eigenvalue weighted by Gasteiger charge is -2.11. The zero-order valence-corrected chi connectivity index (χ0v) is 8.17. The number of isocyanates is 1. The molecule has 0 saturated heterocycles. The van der Waals surface area contributed by atoms with Crippen molar-refractivity contribution in [1.29, 1.82) is 0 Å². The number of halogens is 2. The number of hydrogen-bond donors (Lipinski definition) is 0. The third-order valence-electron chi connectivity index (χ3n) is 2.70. The van der Waals surface area contributed by atoms with Gasteiger partial charge in [-0.2, -0.15) is 4.99 Å². The molecular weight excluding hydrogens is 216 g/mol. The Labute approximate surface area is 89.8 Å². The van der Waals surface area contributed by atoms with Gasteiger partial charge in [-0.25, -0.2) is 13.6 Å². The summed E-state index contributed by atoms with van der Waals surface area (Å²) in [5.74, 6) is -2.13. The number of carbonyl (C=O) groups is 1. The molecule has 1 saturated carbocycles. The van der Waals surface area contributed by atoms with E-state index in [4.69, 9.17) is 0 Å². The Kier molecular flexibility index (Phi) is 2.40. The van der Waals surface area contributed by atoms with Crippen molar-refractivity contribution in [2.45, 2.75) is 18.4 Å². The molecule has 0 bridgehead atoms. The highest BCUT2D eigenvalue weighted by atomic mass is 19.2. The van der Waals surface area contributed by atoms with Crippen LogP contribution >= 0.6 is 0 Å². The molecule has 1 aliphatic carbocycles. The van der Waals surface area contributed by atoms with E-state index in [1.165, 1.54) is 6.08 Å². The Hall–Kier alpha value is -1.87. The summed E-state index contributed by atoms with van der Waals surface area (Å²) in [7, 11) is 0. The van der Waals surface area contributed by atoms with Gasteiger partial charge >= 0.3 is 0 Å². The highest BCUT2D eigenvalue weighted by molar-refractivity contribution is 5.78. The molecule has 0 aromatic heterocycles. The number of rotatable bonds is 3. The molecule has 1 fully saturated rings. The van der Waals surface area contributed by atoms with E-state index in [1.54, 1.807) is 0 Å². The van der Waals surface area contributed by atoms with Crippen molar-refractivity contribution in [3.8, 4) is 0 Å². The van der Waals surface area contributed by atoms with Gasteiger partial charge in [-0.3, -0.25) is 4.79 Å². The lowest BCUT2D eigenvalue weighted by molar-refractivity contribution is 0.112. The highest BCUT2D eigenvalue weighted by Gasteiger charge is 2.46. The van der Waals surface area contributed by atoms with Gasteiger partial charge in [0.25, 0.3) is 0 Å². The monoisotopic (exact) mass is 223 g/mol. The number of carbonyl (C=O) groups excluding carboxylic acids is 2. The predicted molar refractivity (Wildman–Crippen MR) is 50.8 cm³/mol. The smallest absolute Gasteiger partial charge is 0.235 e. The van der Waals surface area contributed by atoms with E-state index in [2.05, 4.69) is 4.99 Å². The van der Waals surface area contributed by atoms with Gasteiger partial charge in [-0.1, -0.05) is 0 Å². The largest absolute Gasteiger partial charge is 0.298 e. The molecule has 5 heteroatoms. The molecule has 2 rings (SSSR count). The van der Waals surface area contributed by atoms with Crippen LogP contribution in [0.4, 0.5) is 8.78 Å². The number of nitrogens with zero attached hydrogens (tertiary/aromatic N) is 1. The Morgan fingerprint density at radius 3 is 2.44 bits per heavy atom. The molecule has 3 nitrogen and oxygen atoms in total. The van der Waals surface area contributed by atoms with Crippen molar-refractivity contribution in [1.82, 2.24) is 0 Å². The summed E-state index contributed by atoms with van der Waals surface area (Å²) < 4.78 is 26.0. The fourth-order valence-corrected chi connectivity index (χ4v) is 1.71. The summed E-state index contributed by atoms with van der Waals surface area (Å²) in [6.07, 6.45) is 2.90. The van der Waals surface area contributed by atoms with Gasteiger partial charge in [0.1, 0.15) is 0 Å². The average Bonchev–Trinajstić information content (AvgIpc) is 3.03. The minimum absolute atomic E-state index is 0.0235. The van der Waals surface area contributed by atoms with E-state index in [0.29, 0.717) is 19.1 Å². The van der Waals surface area contributed by atoms with Gasteiger partial charge in [0.2, 0.25) is 6.08 Å². The summed E-state index contributed by atoms with van der Waals surface area (Å²) in [6, 6.07) is 1.74. The fourth-order valence-electron chi connectivity index (χ4n) is 1.71. The Balaban J connectivity index is 2.60. The zero-order valence-electron chi connectivity index (χ0n) is 8.17. The van der Waals surface area contributed by atoms with Crippen LogP contribution < -0.4 is 0 Å². The van der Waals surface area contributed by atoms with Crippen LogP contribution in [0.5, 0.6) is 0 Å². The number of aldehydes is 1. The lowest BCUT2D eigenvalue weighted by atomic mass is 9.99. The summed E-state index contributed by atoms with van der Waals surface area (Å²) in [4.78, 5) is 24.5. The highest BCUT2D eigenvalue weighted by Crippen LogP contribution is 2.50. The van der Waals surface area contributed by atoms with Crippen molar-refractivity contribution in [3.63, 3.8) is 0 Å². The van der Waals surface area contributed by atoms with Crippen LogP contribution in [-0.2, 0) is 10.3 Å². The third-order valence-corrected chi connectivity index (χ3v) is 2.70. The van der Waals surface area contributed by atoms with Crippen LogP contribution in [0.3, 0.4) is 0 Å². The van der Waals surface area contributed by atoms with E-state index in [9.17, 15) is 18.4 Å². The Bertz CT molecular complexity index is 503. The topological polar surface area (TPSA) is 46.5 Å². The van der Waals surface area contributed by atoms with E-state index < -0.39 is 17.2 Å². The lowest BCUT2D eigenvalue weighted by Crippen LogP contribution is -2.08. The maximum absolute atomic E-state index is 13.1. The molecule has 0 N–H and O–H groups in total. The molecule has 82 valence electrons. The molecular formula is C11H7F2NO2.